The van der Waals surface area contributed by atoms with Crippen LogP contribution in [0.15, 0.2) is 48.5 Å². The number of carbonyl (C=O) groups is 2. The predicted molar refractivity (Wildman–Crippen MR) is 111 cm³/mol. The number of hydrogen-bond donors (Lipinski definition) is 2. The maximum Gasteiger partial charge on any atom is 0.241 e. The van der Waals surface area contributed by atoms with Crippen LogP contribution < -0.4 is 10.6 Å². The highest BCUT2D eigenvalue weighted by atomic mass is 16.2. The van der Waals surface area contributed by atoms with Crippen molar-refractivity contribution in [3.05, 3.63) is 65.2 Å². The lowest BCUT2D eigenvalue weighted by Crippen LogP contribution is -2.41. The van der Waals surface area contributed by atoms with Gasteiger partial charge in [0.05, 0.1) is 6.04 Å². The van der Waals surface area contributed by atoms with Crippen LogP contribution in [0, 0.1) is 5.92 Å². The van der Waals surface area contributed by atoms with Gasteiger partial charge in [-0.25, -0.2) is 0 Å². The van der Waals surface area contributed by atoms with Crippen molar-refractivity contribution in [1.82, 2.24) is 5.32 Å². The number of anilines is 1. The quantitative estimate of drug-likeness (QED) is 0.662. The van der Waals surface area contributed by atoms with Gasteiger partial charge in [0, 0.05) is 17.3 Å². The second-order valence-electron chi connectivity index (χ2n) is 7.33. The molecule has 2 atom stereocenters. The summed E-state index contributed by atoms with van der Waals surface area (Å²) >= 11 is 0. The first kappa shape index (κ1) is 20.8. The fourth-order valence-corrected chi connectivity index (χ4v) is 3.02. The van der Waals surface area contributed by atoms with E-state index in [0.717, 1.165) is 6.42 Å². The van der Waals surface area contributed by atoms with Gasteiger partial charge in [0.25, 0.3) is 0 Å². The smallest absolute Gasteiger partial charge is 0.241 e. The summed E-state index contributed by atoms with van der Waals surface area (Å²) in [4.78, 5) is 23.9. The van der Waals surface area contributed by atoms with Gasteiger partial charge in [0.1, 0.15) is 0 Å². The van der Waals surface area contributed by atoms with Crippen LogP contribution >= 0.6 is 0 Å². The molecule has 0 aliphatic rings. The monoisotopic (exact) mass is 366 g/mol. The third-order valence-electron chi connectivity index (χ3n) is 4.80. The lowest BCUT2D eigenvalue weighted by molar-refractivity contribution is -0.118. The lowest BCUT2D eigenvalue weighted by atomic mass is 9.94. The fraction of sp³-hybridized carbons (Fsp3) is 0.391. The molecule has 27 heavy (non-hydrogen) atoms. The largest absolute Gasteiger partial charge is 0.325 e. The van der Waals surface area contributed by atoms with Crippen LogP contribution in [0.4, 0.5) is 5.69 Å². The predicted octanol–water partition coefficient (Wildman–Crippen LogP) is 4.77. The van der Waals surface area contributed by atoms with Crippen LogP contribution in [0.1, 0.15) is 62.1 Å². The molecule has 144 valence electrons. The van der Waals surface area contributed by atoms with Gasteiger partial charge in [-0.05, 0) is 61.6 Å². The van der Waals surface area contributed by atoms with Crippen molar-refractivity contribution in [1.29, 1.82) is 0 Å². The van der Waals surface area contributed by atoms with Gasteiger partial charge in [-0.15, -0.1) is 0 Å². The molecule has 0 bridgehead atoms. The third-order valence-corrected chi connectivity index (χ3v) is 4.80. The minimum absolute atomic E-state index is 0.0109. The van der Waals surface area contributed by atoms with Crippen molar-refractivity contribution in [3.63, 3.8) is 0 Å². The Hall–Kier alpha value is -2.46. The molecule has 0 aliphatic heterocycles. The van der Waals surface area contributed by atoms with E-state index in [-0.39, 0.29) is 23.8 Å². The Kier molecular flexibility index (Phi) is 7.31. The Morgan fingerprint density at radius 2 is 1.52 bits per heavy atom. The molecule has 1 amide bonds. The zero-order valence-electron chi connectivity index (χ0n) is 16.9. The summed E-state index contributed by atoms with van der Waals surface area (Å²) in [6, 6.07) is 15.3. The maximum atomic E-state index is 12.6. The molecule has 4 heteroatoms. The van der Waals surface area contributed by atoms with Crippen LogP contribution in [-0.4, -0.2) is 17.7 Å². The summed E-state index contributed by atoms with van der Waals surface area (Å²) in [6.07, 6.45) is 1.02. The summed E-state index contributed by atoms with van der Waals surface area (Å²) in [5, 5.41) is 6.36. The summed E-state index contributed by atoms with van der Waals surface area (Å²) in [5.41, 5.74) is 3.82. The van der Waals surface area contributed by atoms with Gasteiger partial charge in [-0.3, -0.25) is 14.9 Å². The number of rotatable bonds is 8. The average molecular weight is 367 g/mol. The average Bonchev–Trinajstić information content (AvgIpc) is 2.66. The van der Waals surface area contributed by atoms with Crippen LogP contribution in [0.2, 0.25) is 0 Å². The van der Waals surface area contributed by atoms with Crippen molar-refractivity contribution in [2.45, 2.75) is 53.1 Å². The first-order valence-electron chi connectivity index (χ1n) is 9.58. The van der Waals surface area contributed by atoms with Crippen LogP contribution in [0.25, 0.3) is 0 Å². The van der Waals surface area contributed by atoms with Gasteiger partial charge in [0.2, 0.25) is 5.91 Å². The van der Waals surface area contributed by atoms with E-state index in [4.69, 9.17) is 0 Å². The van der Waals surface area contributed by atoms with E-state index in [9.17, 15) is 9.59 Å². The van der Waals surface area contributed by atoms with Crippen LogP contribution in [0.3, 0.4) is 0 Å². The van der Waals surface area contributed by atoms with Gasteiger partial charge >= 0.3 is 0 Å². The van der Waals surface area contributed by atoms with Gasteiger partial charge in [-0.1, -0.05) is 45.0 Å². The summed E-state index contributed by atoms with van der Waals surface area (Å²) in [6.45, 7) is 9.84. The second-order valence-corrected chi connectivity index (χ2v) is 7.33. The zero-order valence-corrected chi connectivity index (χ0v) is 16.9. The molecule has 4 nitrogen and oxygen atoms in total. The lowest BCUT2D eigenvalue weighted by Gasteiger charge is -2.26. The molecular weight excluding hydrogens is 336 g/mol. The van der Waals surface area contributed by atoms with E-state index in [1.807, 2.05) is 6.92 Å². The fourth-order valence-electron chi connectivity index (χ4n) is 3.02. The number of Topliss-reactive ketones (excluding diaryl/α,β-unsaturated/α-hetero) is 1. The number of carbonyl (C=O) groups excluding carboxylic acids is 2. The van der Waals surface area contributed by atoms with Gasteiger partial charge in [0.15, 0.2) is 5.78 Å². The van der Waals surface area contributed by atoms with Crippen LogP contribution in [0.5, 0.6) is 0 Å². The maximum absolute atomic E-state index is 12.6. The second kappa shape index (κ2) is 9.47. The molecule has 0 unspecified atom stereocenters. The molecule has 0 saturated carbocycles. The molecule has 2 aromatic rings. The topological polar surface area (TPSA) is 58.2 Å². The van der Waals surface area contributed by atoms with E-state index in [2.05, 4.69) is 55.7 Å². The van der Waals surface area contributed by atoms with E-state index >= 15 is 0 Å². The summed E-state index contributed by atoms with van der Waals surface area (Å²) in [7, 11) is 0. The molecule has 0 aliphatic carbocycles. The standard InChI is InChI=1S/C23H30N2O2/c1-6-18-7-9-20(10-8-18)22(15(2)3)24-16(4)23(27)25-21-13-11-19(12-14-21)17(5)26/h7-16,22,24H,6H2,1-5H3,(H,25,27)/t16-,22-/m0/s1. The molecule has 0 spiro atoms. The molecule has 2 N–H and O–H groups in total. The first-order chi connectivity index (χ1) is 12.8. The molecular formula is C23H30N2O2. The molecule has 2 rings (SSSR count). The van der Waals surface area contributed by atoms with Crippen molar-refractivity contribution < 1.29 is 9.59 Å². The summed E-state index contributed by atoms with van der Waals surface area (Å²) < 4.78 is 0. The van der Waals surface area contributed by atoms with Crippen molar-refractivity contribution in [3.8, 4) is 0 Å². The minimum Gasteiger partial charge on any atom is -0.325 e. The molecule has 0 saturated heterocycles. The van der Waals surface area contributed by atoms with E-state index in [1.54, 1.807) is 24.3 Å². The number of ketones is 1. The Labute approximate surface area is 162 Å². The number of benzene rings is 2. The normalized spacial score (nSPS) is 13.3. The highest BCUT2D eigenvalue weighted by Crippen LogP contribution is 2.23. The molecule has 0 aromatic heterocycles. The van der Waals surface area contributed by atoms with Gasteiger partial charge in [-0.2, -0.15) is 0 Å². The van der Waals surface area contributed by atoms with E-state index in [0.29, 0.717) is 17.2 Å². The first-order valence-corrected chi connectivity index (χ1v) is 9.58. The summed E-state index contributed by atoms with van der Waals surface area (Å²) in [5.74, 6) is 0.265. The Balaban J connectivity index is 2.04. The van der Waals surface area contributed by atoms with Crippen LogP contribution in [-0.2, 0) is 11.2 Å². The zero-order chi connectivity index (χ0) is 20.0. The Morgan fingerprint density at radius 3 is 2.00 bits per heavy atom. The minimum atomic E-state index is -0.351. The van der Waals surface area contributed by atoms with Crippen molar-refractivity contribution in [2.24, 2.45) is 5.92 Å². The molecule has 2 aromatic carbocycles. The highest BCUT2D eigenvalue weighted by Gasteiger charge is 2.22. The molecule has 0 heterocycles. The highest BCUT2D eigenvalue weighted by molar-refractivity contribution is 5.97. The van der Waals surface area contributed by atoms with Gasteiger partial charge < -0.3 is 5.32 Å². The number of nitrogens with one attached hydrogen (secondary N) is 2. The SMILES string of the molecule is CCc1ccc([C@@H](N[C@@H](C)C(=O)Nc2ccc(C(C)=O)cc2)C(C)C)cc1. The molecule has 0 radical (unpaired) electrons. The number of amides is 1. The molecule has 0 fully saturated rings. The van der Waals surface area contributed by atoms with E-state index in [1.165, 1.54) is 18.1 Å². The van der Waals surface area contributed by atoms with Crippen molar-refractivity contribution >= 4 is 17.4 Å². The number of hydrogen-bond acceptors (Lipinski definition) is 3. The van der Waals surface area contributed by atoms with E-state index < -0.39 is 0 Å². The number of aryl methyl sites for hydroxylation is 1. The van der Waals surface area contributed by atoms with Crippen molar-refractivity contribution in [2.75, 3.05) is 5.32 Å². The Bertz CT molecular complexity index is 764. The Morgan fingerprint density at radius 1 is 0.926 bits per heavy atom. The third kappa shape index (κ3) is 5.76.